The lowest BCUT2D eigenvalue weighted by molar-refractivity contribution is 0.390. The summed E-state index contributed by atoms with van der Waals surface area (Å²) in [5.41, 5.74) is 2.73. The zero-order chi connectivity index (χ0) is 12.3. The lowest BCUT2D eigenvalue weighted by Crippen LogP contribution is -2.23. The molecule has 1 N–H and O–H groups in total. The monoisotopic (exact) mass is 232 g/mol. The fraction of sp³-hybridized carbons (Fsp3) is 0.600. The Balaban J connectivity index is 2.20. The summed E-state index contributed by atoms with van der Waals surface area (Å²) in [5.74, 6) is 0.817. The van der Waals surface area contributed by atoms with E-state index in [-0.39, 0.29) is 0 Å². The van der Waals surface area contributed by atoms with E-state index in [0.29, 0.717) is 6.04 Å². The molecule has 1 fully saturated rings. The fourth-order valence-electron chi connectivity index (χ4n) is 2.96. The topological polar surface area (TPSA) is 15.3 Å². The van der Waals surface area contributed by atoms with Crippen molar-refractivity contribution >= 4 is 5.69 Å². The number of nitrogens with zero attached hydrogens (tertiary/aromatic N) is 1. The standard InChI is InChI=1S/C15H24N2/c1-16-15(12-7-4-5-8-12)13-9-6-10-14(11-13)17(2)3/h6,9-12,15-16H,4-5,7-8H2,1-3H3. The van der Waals surface area contributed by atoms with Gasteiger partial charge < -0.3 is 10.2 Å². The van der Waals surface area contributed by atoms with Crippen molar-refractivity contribution in [2.45, 2.75) is 31.7 Å². The zero-order valence-electron chi connectivity index (χ0n) is 11.2. The maximum absolute atomic E-state index is 3.51. The summed E-state index contributed by atoms with van der Waals surface area (Å²) < 4.78 is 0. The van der Waals surface area contributed by atoms with Crippen LogP contribution in [-0.4, -0.2) is 21.1 Å². The first-order chi connectivity index (χ1) is 8.22. The number of hydrogen-bond acceptors (Lipinski definition) is 2. The van der Waals surface area contributed by atoms with Gasteiger partial charge in [-0.2, -0.15) is 0 Å². The molecule has 1 saturated carbocycles. The quantitative estimate of drug-likeness (QED) is 0.857. The van der Waals surface area contributed by atoms with Crippen molar-refractivity contribution in [2.75, 3.05) is 26.0 Å². The second-order valence-corrected chi connectivity index (χ2v) is 5.30. The van der Waals surface area contributed by atoms with Crippen molar-refractivity contribution in [1.29, 1.82) is 0 Å². The van der Waals surface area contributed by atoms with E-state index in [1.165, 1.54) is 36.9 Å². The first kappa shape index (κ1) is 12.4. The predicted molar refractivity (Wildman–Crippen MR) is 74.5 cm³/mol. The summed E-state index contributed by atoms with van der Waals surface area (Å²) in [5, 5.41) is 3.51. The van der Waals surface area contributed by atoms with E-state index in [2.05, 4.69) is 55.6 Å². The second-order valence-electron chi connectivity index (χ2n) is 5.30. The molecule has 1 atom stereocenters. The summed E-state index contributed by atoms with van der Waals surface area (Å²) in [6.07, 6.45) is 5.54. The highest BCUT2D eigenvalue weighted by molar-refractivity contribution is 5.48. The smallest absolute Gasteiger partial charge is 0.0364 e. The molecule has 0 spiro atoms. The normalized spacial score (nSPS) is 18.3. The lowest BCUT2D eigenvalue weighted by atomic mass is 9.91. The minimum absolute atomic E-state index is 0.525. The molecule has 1 aliphatic rings. The van der Waals surface area contributed by atoms with Gasteiger partial charge in [-0.3, -0.25) is 0 Å². The van der Waals surface area contributed by atoms with E-state index in [1.54, 1.807) is 0 Å². The number of rotatable bonds is 4. The van der Waals surface area contributed by atoms with Gasteiger partial charge in [0.25, 0.3) is 0 Å². The number of benzene rings is 1. The Kier molecular flexibility index (Phi) is 4.06. The van der Waals surface area contributed by atoms with E-state index in [0.717, 1.165) is 5.92 Å². The Labute approximate surface area is 105 Å². The number of nitrogens with one attached hydrogen (secondary N) is 1. The Hall–Kier alpha value is -1.02. The van der Waals surface area contributed by atoms with E-state index in [4.69, 9.17) is 0 Å². The van der Waals surface area contributed by atoms with Crippen LogP contribution in [0.1, 0.15) is 37.3 Å². The summed E-state index contributed by atoms with van der Waals surface area (Å²) in [7, 11) is 6.29. The maximum Gasteiger partial charge on any atom is 0.0364 e. The van der Waals surface area contributed by atoms with Gasteiger partial charge in [-0.1, -0.05) is 25.0 Å². The molecule has 0 aromatic heterocycles. The van der Waals surface area contributed by atoms with Crippen molar-refractivity contribution in [2.24, 2.45) is 5.92 Å². The van der Waals surface area contributed by atoms with Gasteiger partial charge in [0.05, 0.1) is 0 Å². The fourth-order valence-corrected chi connectivity index (χ4v) is 2.96. The molecule has 1 aliphatic carbocycles. The number of hydrogen-bond donors (Lipinski definition) is 1. The van der Waals surface area contributed by atoms with E-state index in [1.807, 2.05) is 0 Å². The minimum Gasteiger partial charge on any atom is -0.378 e. The average molecular weight is 232 g/mol. The maximum atomic E-state index is 3.51. The molecular weight excluding hydrogens is 208 g/mol. The molecule has 0 amide bonds. The van der Waals surface area contributed by atoms with Crippen LogP contribution in [-0.2, 0) is 0 Å². The van der Waals surface area contributed by atoms with Gasteiger partial charge in [0.2, 0.25) is 0 Å². The summed E-state index contributed by atoms with van der Waals surface area (Å²) >= 11 is 0. The molecule has 17 heavy (non-hydrogen) atoms. The van der Waals surface area contributed by atoms with Gasteiger partial charge in [0.15, 0.2) is 0 Å². The summed E-state index contributed by atoms with van der Waals surface area (Å²) in [6, 6.07) is 9.44. The van der Waals surface area contributed by atoms with Crippen molar-refractivity contribution in [3.05, 3.63) is 29.8 Å². The van der Waals surface area contributed by atoms with Crippen molar-refractivity contribution < 1.29 is 0 Å². The third-order valence-electron chi connectivity index (χ3n) is 3.93. The Morgan fingerprint density at radius 3 is 2.53 bits per heavy atom. The summed E-state index contributed by atoms with van der Waals surface area (Å²) in [6.45, 7) is 0. The molecule has 0 bridgehead atoms. The molecule has 2 heteroatoms. The van der Waals surface area contributed by atoms with Crippen LogP contribution in [0.15, 0.2) is 24.3 Å². The molecule has 0 saturated heterocycles. The second kappa shape index (κ2) is 5.54. The lowest BCUT2D eigenvalue weighted by Gasteiger charge is -2.24. The molecular formula is C15H24N2. The van der Waals surface area contributed by atoms with Crippen LogP contribution in [0.3, 0.4) is 0 Å². The SMILES string of the molecule is CNC(c1cccc(N(C)C)c1)C1CCCC1. The molecule has 0 aliphatic heterocycles. The van der Waals surface area contributed by atoms with Gasteiger partial charge in [-0.25, -0.2) is 0 Å². The van der Waals surface area contributed by atoms with Crippen LogP contribution in [0.25, 0.3) is 0 Å². The largest absolute Gasteiger partial charge is 0.378 e. The Morgan fingerprint density at radius 1 is 1.24 bits per heavy atom. The third-order valence-corrected chi connectivity index (χ3v) is 3.93. The highest BCUT2D eigenvalue weighted by Crippen LogP contribution is 2.36. The van der Waals surface area contributed by atoms with Gasteiger partial charge >= 0.3 is 0 Å². The summed E-state index contributed by atoms with van der Waals surface area (Å²) in [4.78, 5) is 2.17. The highest BCUT2D eigenvalue weighted by Gasteiger charge is 2.25. The van der Waals surface area contributed by atoms with Crippen molar-refractivity contribution in [3.63, 3.8) is 0 Å². The van der Waals surface area contributed by atoms with Crippen LogP contribution in [0.5, 0.6) is 0 Å². The van der Waals surface area contributed by atoms with Gasteiger partial charge in [-0.05, 0) is 43.5 Å². The van der Waals surface area contributed by atoms with E-state index in [9.17, 15) is 0 Å². The van der Waals surface area contributed by atoms with Crippen LogP contribution in [0, 0.1) is 5.92 Å². The molecule has 2 nitrogen and oxygen atoms in total. The van der Waals surface area contributed by atoms with Crippen LogP contribution in [0.2, 0.25) is 0 Å². The molecule has 0 radical (unpaired) electrons. The Morgan fingerprint density at radius 2 is 1.94 bits per heavy atom. The van der Waals surface area contributed by atoms with Gasteiger partial charge in [0.1, 0.15) is 0 Å². The molecule has 94 valence electrons. The zero-order valence-corrected chi connectivity index (χ0v) is 11.2. The van der Waals surface area contributed by atoms with Gasteiger partial charge in [-0.15, -0.1) is 0 Å². The van der Waals surface area contributed by atoms with Crippen molar-refractivity contribution in [3.8, 4) is 0 Å². The van der Waals surface area contributed by atoms with Gasteiger partial charge in [0, 0.05) is 25.8 Å². The molecule has 0 heterocycles. The minimum atomic E-state index is 0.525. The molecule has 1 aromatic rings. The number of anilines is 1. The predicted octanol–water partition coefficient (Wildman–Crippen LogP) is 3.20. The van der Waals surface area contributed by atoms with E-state index >= 15 is 0 Å². The Bertz CT molecular complexity index is 354. The molecule has 1 aromatic carbocycles. The van der Waals surface area contributed by atoms with Crippen LogP contribution < -0.4 is 10.2 Å². The van der Waals surface area contributed by atoms with Crippen LogP contribution >= 0.6 is 0 Å². The van der Waals surface area contributed by atoms with E-state index < -0.39 is 0 Å². The average Bonchev–Trinajstić information content (AvgIpc) is 2.84. The third kappa shape index (κ3) is 2.81. The van der Waals surface area contributed by atoms with Crippen LogP contribution in [0.4, 0.5) is 5.69 Å². The molecule has 2 rings (SSSR count). The molecule has 1 unspecified atom stereocenters. The van der Waals surface area contributed by atoms with Crippen molar-refractivity contribution in [1.82, 2.24) is 5.32 Å². The first-order valence-electron chi connectivity index (χ1n) is 6.67. The highest BCUT2D eigenvalue weighted by atomic mass is 15.1. The first-order valence-corrected chi connectivity index (χ1v) is 6.67.